The molecule has 6 heteroatoms. The maximum absolute atomic E-state index is 13.9. The van der Waals surface area contributed by atoms with Gasteiger partial charge in [0.1, 0.15) is 5.82 Å². The van der Waals surface area contributed by atoms with Crippen molar-refractivity contribution < 1.29 is 14.3 Å². The van der Waals surface area contributed by atoms with Gasteiger partial charge in [-0.1, -0.05) is 11.2 Å². The minimum atomic E-state index is -0.500. The van der Waals surface area contributed by atoms with Gasteiger partial charge in [-0.25, -0.2) is 4.39 Å². The molecule has 0 spiro atoms. The number of oxime groups is 1. The number of hydrogen-bond acceptors (Lipinski definition) is 4. The van der Waals surface area contributed by atoms with Gasteiger partial charge in [0.15, 0.2) is 5.84 Å². The van der Waals surface area contributed by atoms with Gasteiger partial charge in [-0.05, 0) is 26.0 Å². The summed E-state index contributed by atoms with van der Waals surface area (Å²) in [5, 5.41) is 11.7. The van der Waals surface area contributed by atoms with Crippen LogP contribution in [0.5, 0.6) is 0 Å². The quantitative estimate of drug-likeness (QED) is 0.369. The van der Waals surface area contributed by atoms with Gasteiger partial charge in [-0.2, -0.15) is 0 Å². The first-order valence-corrected chi connectivity index (χ1v) is 6.19. The molecule has 1 aromatic carbocycles. The number of morpholine rings is 1. The Morgan fingerprint density at radius 1 is 1.42 bits per heavy atom. The van der Waals surface area contributed by atoms with Crippen LogP contribution >= 0.6 is 0 Å². The van der Waals surface area contributed by atoms with Crippen LogP contribution < -0.4 is 10.6 Å². The van der Waals surface area contributed by atoms with E-state index in [-0.39, 0.29) is 23.6 Å². The molecule has 0 radical (unpaired) electrons. The van der Waals surface area contributed by atoms with Crippen LogP contribution in [0.2, 0.25) is 0 Å². The van der Waals surface area contributed by atoms with Crippen LogP contribution in [0.4, 0.5) is 10.1 Å². The Kier molecular flexibility index (Phi) is 3.90. The van der Waals surface area contributed by atoms with Crippen molar-refractivity contribution in [2.24, 2.45) is 10.9 Å². The van der Waals surface area contributed by atoms with Gasteiger partial charge < -0.3 is 20.6 Å². The summed E-state index contributed by atoms with van der Waals surface area (Å²) in [5.41, 5.74) is 6.33. The fourth-order valence-electron chi connectivity index (χ4n) is 2.45. The molecule has 19 heavy (non-hydrogen) atoms. The predicted octanol–water partition coefficient (Wildman–Crippen LogP) is 1.53. The van der Waals surface area contributed by atoms with E-state index in [1.54, 1.807) is 12.1 Å². The van der Waals surface area contributed by atoms with Gasteiger partial charge >= 0.3 is 0 Å². The highest BCUT2D eigenvalue weighted by atomic mass is 19.1. The average molecular weight is 267 g/mol. The summed E-state index contributed by atoms with van der Waals surface area (Å²) in [5.74, 6) is -0.723. The lowest BCUT2D eigenvalue weighted by Gasteiger charge is -2.37. The molecule has 1 fully saturated rings. The van der Waals surface area contributed by atoms with E-state index in [1.165, 1.54) is 6.07 Å². The normalized spacial score (nSPS) is 24.6. The molecule has 104 valence electrons. The first kappa shape index (κ1) is 13.6. The summed E-state index contributed by atoms with van der Waals surface area (Å²) in [6, 6.07) is 4.68. The molecule has 2 atom stereocenters. The molecule has 0 aromatic heterocycles. The van der Waals surface area contributed by atoms with Gasteiger partial charge in [0.2, 0.25) is 0 Å². The van der Waals surface area contributed by atoms with Gasteiger partial charge in [0.25, 0.3) is 0 Å². The Bertz CT molecular complexity index is 483. The molecule has 1 aliphatic rings. The van der Waals surface area contributed by atoms with Crippen LogP contribution in [0.15, 0.2) is 23.4 Å². The van der Waals surface area contributed by atoms with Crippen molar-refractivity contribution in [1.29, 1.82) is 0 Å². The molecule has 0 saturated carbocycles. The second kappa shape index (κ2) is 5.44. The van der Waals surface area contributed by atoms with E-state index in [0.717, 1.165) is 0 Å². The molecule has 0 unspecified atom stereocenters. The van der Waals surface area contributed by atoms with Crippen LogP contribution in [0.3, 0.4) is 0 Å². The Balaban J connectivity index is 2.41. The molecule has 0 aliphatic carbocycles. The zero-order chi connectivity index (χ0) is 14.0. The fraction of sp³-hybridized carbons (Fsp3) is 0.462. The van der Waals surface area contributed by atoms with E-state index in [9.17, 15) is 4.39 Å². The van der Waals surface area contributed by atoms with E-state index >= 15 is 0 Å². The number of anilines is 1. The monoisotopic (exact) mass is 267 g/mol. The minimum absolute atomic E-state index is 0.0483. The van der Waals surface area contributed by atoms with E-state index in [0.29, 0.717) is 18.8 Å². The van der Waals surface area contributed by atoms with Crippen molar-refractivity contribution in [2.45, 2.75) is 26.1 Å². The Morgan fingerprint density at radius 2 is 2.05 bits per heavy atom. The first-order chi connectivity index (χ1) is 9.02. The number of amidine groups is 1. The fourth-order valence-corrected chi connectivity index (χ4v) is 2.45. The minimum Gasteiger partial charge on any atom is -0.409 e. The highest BCUT2D eigenvalue weighted by Crippen LogP contribution is 2.26. The third kappa shape index (κ3) is 2.78. The van der Waals surface area contributed by atoms with Crippen LogP contribution in [0.25, 0.3) is 0 Å². The third-order valence-corrected chi connectivity index (χ3v) is 3.12. The van der Waals surface area contributed by atoms with E-state index in [4.69, 9.17) is 15.7 Å². The lowest BCUT2D eigenvalue weighted by Crippen LogP contribution is -2.46. The van der Waals surface area contributed by atoms with Gasteiger partial charge in [-0.15, -0.1) is 0 Å². The SMILES string of the molecule is C[C@@H]1CN(c2cccc(F)c2/C(N)=N/O)C[C@H](C)O1. The molecule has 5 nitrogen and oxygen atoms in total. The second-order valence-corrected chi connectivity index (χ2v) is 4.78. The van der Waals surface area contributed by atoms with Crippen molar-refractivity contribution in [3.63, 3.8) is 0 Å². The summed E-state index contributed by atoms with van der Waals surface area (Å²) >= 11 is 0. The molecule has 1 aliphatic heterocycles. The van der Waals surface area contributed by atoms with Crippen molar-refractivity contribution in [3.05, 3.63) is 29.6 Å². The molecule has 3 N–H and O–H groups in total. The van der Waals surface area contributed by atoms with Gasteiger partial charge in [-0.3, -0.25) is 0 Å². The number of rotatable bonds is 2. The lowest BCUT2D eigenvalue weighted by atomic mass is 10.1. The van der Waals surface area contributed by atoms with E-state index in [2.05, 4.69) is 5.16 Å². The molecular weight excluding hydrogens is 249 g/mol. The highest BCUT2D eigenvalue weighted by Gasteiger charge is 2.26. The summed E-state index contributed by atoms with van der Waals surface area (Å²) in [7, 11) is 0. The standard InChI is InChI=1S/C13H18FN3O2/c1-8-6-17(7-9(2)19-8)11-5-3-4-10(14)12(11)13(15)16-18/h3-5,8-9,18H,6-7H2,1-2H3,(H2,15,16)/t8-,9+. The predicted molar refractivity (Wildman–Crippen MR) is 71.1 cm³/mol. The first-order valence-electron chi connectivity index (χ1n) is 6.19. The van der Waals surface area contributed by atoms with Crippen LogP contribution in [0.1, 0.15) is 19.4 Å². The molecule has 1 saturated heterocycles. The number of benzene rings is 1. The number of hydrogen-bond donors (Lipinski definition) is 2. The van der Waals surface area contributed by atoms with Gasteiger partial charge in [0.05, 0.1) is 23.5 Å². The summed E-state index contributed by atoms with van der Waals surface area (Å²) < 4.78 is 19.6. The maximum Gasteiger partial charge on any atom is 0.175 e. The zero-order valence-electron chi connectivity index (χ0n) is 11.0. The molecule has 1 aromatic rings. The topological polar surface area (TPSA) is 71.1 Å². The second-order valence-electron chi connectivity index (χ2n) is 4.78. The van der Waals surface area contributed by atoms with Gasteiger partial charge in [0, 0.05) is 13.1 Å². The maximum atomic E-state index is 13.9. The van der Waals surface area contributed by atoms with Crippen molar-refractivity contribution in [1.82, 2.24) is 0 Å². The zero-order valence-corrected chi connectivity index (χ0v) is 11.0. The number of ether oxygens (including phenoxy) is 1. The van der Waals surface area contributed by atoms with Crippen molar-refractivity contribution >= 4 is 11.5 Å². The summed E-state index contributed by atoms with van der Waals surface area (Å²) in [4.78, 5) is 2.00. The molecule has 0 amide bonds. The average Bonchev–Trinajstić information content (AvgIpc) is 2.36. The molecular formula is C13H18FN3O2. The van der Waals surface area contributed by atoms with Crippen molar-refractivity contribution in [2.75, 3.05) is 18.0 Å². The third-order valence-electron chi connectivity index (χ3n) is 3.12. The molecule has 1 heterocycles. The number of halogens is 1. The number of nitrogens with two attached hydrogens (primary N) is 1. The Labute approximate surface area is 111 Å². The highest BCUT2D eigenvalue weighted by molar-refractivity contribution is 6.02. The Hall–Kier alpha value is -1.82. The largest absolute Gasteiger partial charge is 0.409 e. The van der Waals surface area contributed by atoms with Crippen LogP contribution in [-0.2, 0) is 4.74 Å². The molecule has 0 bridgehead atoms. The smallest absolute Gasteiger partial charge is 0.175 e. The van der Waals surface area contributed by atoms with Crippen LogP contribution in [-0.4, -0.2) is 36.3 Å². The molecule has 2 rings (SSSR count). The van der Waals surface area contributed by atoms with E-state index in [1.807, 2.05) is 18.7 Å². The summed E-state index contributed by atoms with van der Waals surface area (Å²) in [6.45, 7) is 5.20. The summed E-state index contributed by atoms with van der Waals surface area (Å²) in [6.07, 6.45) is 0.0966. The lowest BCUT2D eigenvalue weighted by molar-refractivity contribution is -0.00524. The number of nitrogens with zero attached hydrogens (tertiary/aromatic N) is 2. The van der Waals surface area contributed by atoms with Crippen molar-refractivity contribution in [3.8, 4) is 0 Å². The Morgan fingerprint density at radius 3 is 2.63 bits per heavy atom. The van der Waals surface area contributed by atoms with E-state index < -0.39 is 5.82 Å². The van der Waals surface area contributed by atoms with Crippen LogP contribution in [0, 0.1) is 5.82 Å².